The van der Waals surface area contributed by atoms with Gasteiger partial charge in [-0.2, -0.15) is 10.5 Å². The number of benzene rings is 2. The maximum Gasteiger partial charge on any atom is 0.328 e. The van der Waals surface area contributed by atoms with E-state index < -0.39 is 60.6 Å². The van der Waals surface area contributed by atoms with Crippen LogP contribution in [0.25, 0.3) is 22.6 Å². The lowest BCUT2D eigenvalue weighted by Gasteiger charge is -2.23. The number of nitrogens with two attached hydrogens (primary N) is 5. The van der Waals surface area contributed by atoms with Gasteiger partial charge in [-0.25, -0.2) is 19.6 Å². The van der Waals surface area contributed by atoms with Crippen LogP contribution in [0.1, 0.15) is 43.5 Å². The van der Waals surface area contributed by atoms with Crippen molar-refractivity contribution in [3.63, 3.8) is 0 Å². The number of carbonyl (C=O) groups excluding carboxylic acids is 4. The molecule has 2 aromatic carbocycles. The van der Waals surface area contributed by atoms with Crippen molar-refractivity contribution in [3.8, 4) is 40.5 Å². The number of hydrogen-bond donors (Lipinski definition) is 7. The predicted molar refractivity (Wildman–Crippen MR) is 225 cm³/mol. The predicted octanol–water partition coefficient (Wildman–Crippen LogP) is 1.87. The molecule has 322 valence electrons. The number of thioether (sulfide) groups is 1. The zero-order valence-electron chi connectivity index (χ0n) is 33.3. The number of halogens is 1. The van der Waals surface area contributed by atoms with Crippen LogP contribution >= 0.6 is 23.4 Å². The molecule has 2 aromatic heterocycles. The first-order valence-electron chi connectivity index (χ1n) is 18.8. The van der Waals surface area contributed by atoms with Crippen LogP contribution in [-0.2, 0) is 34.4 Å². The molecule has 0 radical (unpaired) electrons. The van der Waals surface area contributed by atoms with Crippen molar-refractivity contribution in [3.05, 3.63) is 76.6 Å². The molecule has 0 aliphatic rings. The minimum Gasteiger partial charge on any atom is -0.490 e. The minimum atomic E-state index is -1.21. The molecule has 0 fully saturated rings. The minimum absolute atomic E-state index is 0.00759. The van der Waals surface area contributed by atoms with Crippen LogP contribution in [-0.4, -0.2) is 90.3 Å². The maximum atomic E-state index is 13.1. The lowest BCUT2D eigenvalue weighted by atomic mass is 9.97. The van der Waals surface area contributed by atoms with Gasteiger partial charge in [-0.1, -0.05) is 35.5 Å². The summed E-state index contributed by atoms with van der Waals surface area (Å²) in [5, 5.41) is 26.1. The normalized spacial score (nSPS) is 13.3. The summed E-state index contributed by atoms with van der Waals surface area (Å²) >= 11 is 7.18. The molecule has 12 N–H and O–H groups in total. The molecule has 0 unspecified atom stereocenters. The molecule has 2 amide bonds. The number of anilines is 1. The van der Waals surface area contributed by atoms with E-state index in [1.54, 1.807) is 48.5 Å². The number of nitrogens with zero attached hydrogens (tertiary/aromatic N) is 4. The molecular weight excluding hydrogens is 830 g/mol. The van der Waals surface area contributed by atoms with Gasteiger partial charge in [-0.3, -0.25) is 9.59 Å². The fraction of sp³-hybridized carbons (Fsp3) is 0.350. The Labute approximate surface area is 360 Å². The first-order chi connectivity index (χ1) is 29.2. The van der Waals surface area contributed by atoms with Crippen molar-refractivity contribution in [1.82, 2.24) is 20.6 Å². The van der Waals surface area contributed by atoms with E-state index >= 15 is 0 Å². The maximum absolute atomic E-state index is 13.1. The van der Waals surface area contributed by atoms with Crippen LogP contribution < -0.4 is 44.0 Å². The summed E-state index contributed by atoms with van der Waals surface area (Å²) in [5.74, 6) is -2.14. The van der Waals surface area contributed by atoms with E-state index in [1.165, 1.54) is 31.9 Å². The van der Waals surface area contributed by atoms with Crippen molar-refractivity contribution in [1.29, 1.82) is 10.5 Å². The van der Waals surface area contributed by atoms with E-state index in [4.69, 9.17) is 58.9 Å². The second kappa shape index (κ2) is 22.9. The van der Waals surface area contributed by atoms with E-state index in [2.05, 4.69) is 26.7 Å². The fourth-order valence-corrected chi connectivity index (χ4v) is 6.40. The van der Waals surface area contributed by atoms with Gasteiger partial charge in [0.15, 0.2) is 6.10 Å². The van der Waals surface area contributed by atoms with Crippen molar-refractivity contribution >= 4 is 52.9 Å². The van der Waals surface area contributed by atoms with Crippen LogP contribution in [0.3, 0.4) is 0 Å². The van der Waals surface area contributed by atoms with E-state index in [0.29, 0.717) is 22.2 Å². The van der Waals surface area contributed by atoms with Gasteiger partial charge in [0.1, 0.15) is 65.9 Å². The highest BCUT2D eigenvalue weighted by atomic mass is 35.5. The topological polar surface area (TPSA) is 337 Å². The molecule has 0 saturated carbocycles. The highest BCUT2D eigenvalue weighted by Crippen LogP contribution is 2.37. The monoisotopic (exact) mass is 875 g/mol. The highest BCUT2D eigenvalue weighted by molar-refractivity contribution is 7.98. The lowest BCUT2D eigenvalue weighted by molar-refractivity contribution is -0.163. The number of nitriles is 2. The Balaban J connectivity index is 1.50. The first-order valence-corrected chi connectivity index (χ1v) is 20.1. The quantitative estimate of drug-likeness (QED) is 0.0464. The number of nitrogen functional groups attached to an aromatic ring is 1. The van der Waals surface area contributed by atoms with Crippen LogP contribution in [0.2, 0.25) is 5.02 Å². The van der Waals surface area contributed by atoms with E-state index in [0.717, 1.165) is 5.56 Å². The van der Waals surface area contributed by atoms with Crippen LogP contribution in [0.4, 0.5) is 5.82 Å². The van der Waals surface area contributed by atoms with E-state index in [1.807, 2.05) is 6.07 Å². The Morgan fingerprint density at radius 2 is 1.41 bits per heavy atom. The number of oxazole rings is 1. The molecule has 2 heterocycles. The number of ether oxygens (including phenoxy) is 3. The number of pyridine rings is 1. The number of carbonyl (C=O) groups is 4. The van der Waals surface area contributed by atoms with Gasteiger partial charge in [-0.05, 0) is 81.7 Å². The Morgan fingerprint density at radius 1 is 0.836 bits per heavy atom. The lowest BCUT2D eigenvalue weighted by Crippen LogP contribution is -2.49. The average molecular weight is 876 g/mol. The third kappa shape index (κ3) is 13.4. The molecule has 4 aromatic rings. The van der Waals surface area contributed by atoms with Gasteiger partial charge in [0.2, 0.25) is 17.7 Å². The zero-order chi connectivity index (χ0) is 44.6. The molecule has 0 spiro atoms. The number of hydrogen-bond acceptors (Lipinski definition) is 18. The summed E-state index contributed by atoms with van der Waals surface area (Å²) in [6.45, 7) is 2.25. The van der Waals surface area contributed by atoms with E-state index in [9.17, 15) is 29.7 Å². The third-order valence-electron chi connectivity index (χ3n) is 8.74. The van der Waals surface area contributed by atoms with Crippen molar-refractivity contribution < 1.29 is 37.8 Å². The van der Waals surface area contributed by atoms with E-state index in [-0.39, 0.29) is 71.6 Å². The smallest absolute Gasteiger partial charge is 0.328 e. The van der Waals surface area contributed by atoms with Gasteiger partial charge in [-0.15, -0.1) is 0 Å². The van der Waals surface area contributed by atoms with Gasteiger partial charge in [0.25, 0.3) is 0 Å². The molecule has 21 heteroatoms. The van der Waals surface area contributed by atoms with Gasteiger partial charge < -0.3 is 57.9 Å². The van der Waals surface area contributed by atoms with Crippen molar-refractivity contribution in [2.24, 2.45) is 22.9 Å². The molecule has 0 aliphatic carbocycles. The summed E-state index contributed by atoms with van der Waals surface area (Å²) in [6.07, 6.45) is 0.667. The number of nitrogens with one attached hydrogen (secondary N) is 2. The van der Waals surface area contributed by atoms with Crippen LogP contribution in [0, 0.1) is 22.7 Å². The SMILES string of the molecule is C[C@H](NC(=O)[C@@H](N)CCN)C(=O)OC[C@H](COc1ccc(-c2c(C#N)c(N)nc(SCc3coc(-c4ccc(Cl)cc4)n3)c2C#N)cc1)OC(=O)[C@H](C)NC(=O)[C@@H](N)CCN. The van der Waals surface area contributed by atoms with Crippen LogP contribution in [0.5, 0.6) is 5.75 Å². The summed E-state index contributed by atoms with van der Waals surface area (Å²) in [7, 11) is 0. The molecule has 0 saturated heterocycles. The number of aromatic nitrogens is 2. The van der Waals surface area contributed by atoms with Gasteiger partial charge >= 0.3 is 11.9 Å². The Morgan fingerprint density at radius 3 is 1.98 bits per heavy atom. The Hall–Kier alpha value is -6.26. The second-order valence-corrected chi connectivity index (χ2v) is 14.8. The fourth-order valence-electron chi connectivity index (χ4n) is 5.40. The number of rotatable bonds is 21. The van der Waals surface area contributed by atoms with Gasteiger partial charge in [0, 0.05) is 21.9 Å². The molecule has 4 rings (SSSR count). The summed E-state index contributed by atoms with van der Waals surface area (Å²) < 4.78 is 22.5. The standard InChI is InChI=1S/C40H46ClN11O8S/c1-21(49-35(53)31(46)11-13-42)39(55)59-19-28(60-40(56)22(2)50-36(54)32(47)12-14-43)18-57-27-9-5-23(6-10-27)33-29(15-44)34(48)52-38(30(33)16-45)61-20-26-17-58-37(51-26)24-3-7-25(41)8-4-24/h3-10,17,21-22,28,31-32H,11-14,18-20,42-43,46-47H2,1-2H3,(H2,48,52)(H,49,53)(H,50,54)/t21-,22-,28-,31-,32-/m0/s1. The van der Waals surface area contributed by atoms with Crippen molar-refractivity contribution in [2.45, 2.75) is 67.7 Å². The molecule has 61 heavy (non-hydrogen) atoms. The zero-order valence-corrected chi connectivity index (χ0v) is 34.8. The molecule has 5 atom stereocenters. The average Bonchev–Trinajstić information content (AvgIpc) is 3.72. The summed E-state index contributed by atoms with van der Waals surface area (Å²) in [4.78, 5) is 59.4. The number of amides is 2. The summed E-state index contributed by atoms with van der Waals surface area (Å²) in [5.41, 5.74) is 30.8. The highest BCUT2D eigenvalue weighted by Gasteiger charge is 2.27. The molecular formula is C40H46ClN11O8S. The summed E-state index contributed by atoms with van der Waals surface area (Å²) in [6, 6.07) is 13.3. The largest absolute Gasteiger partial charge is 0.490 e. The van der Waals surface area contributed by atoms with Crippen LogP contribution in [0.15, 0.2) is 64.2 Å². The Bertz CT molecular complexity index is 2250. The van der Waals surface area contributed by atoms with Gasteiger partial charge in [0.05, 0.1) is 23.3 Å². The second-order valence-electron chi connectivity index (χ2n) is 13.4. The molecule has 0 bridgehead atoms. The third-order valence-corrected chi connectivity index (χ3v) is 10.0. The molecule has 19 nitrogen and oxygen atoms in total. The molecule has 0 aliphatic heterocycles. The number of esters is 2. The Kier molecular flexibility index (Phi) is 17.8. The van der Waals surface area contributed by atoms with Crippen molar-refractivity contribution in [2.75, 3.05) is 32.0 Å². The first kappa shape index (κ1) is 47.4.